The number of hydrogen-bond donors (Lipinski definition) is 0. The maximum Gasteiger partial charge on any atom is 0.330 e. The molecule has 0 aliphatic heterocycles. The van der Waals surface area contributed by atoms with Crippen LogP contribution in [0.15, 0.2) is 55.1 Å². The number of benzene rings is 2. The molecule has 0 amide bonds. The largest absolute Gasteiger partial charge is 0.494 e. The van der Waals surface area contributed by atoms with Crippen molar-refractivity contribution in [3.05, 3.63) is 66.2 Å². The third-order valence-electron chi connectivity index (χ3n) is 6.43. The molecule has 3 rings (SSSR count). The van der Waals surface area contributed by atoms with E-state index in [0.29, 0.717) is 5.75 Å². The summed E-state index contributed by atoms with van der Waals surface area (Å²) in [6.07, 6.45) is 6.66. The van der Waals surface area contributed by atoms with Gasteiger partial charge >= 0.3 is 5.97 Å². The minimum atomic E-state index is -2.81. The summed E-state index contributed by atoms with van der Waals surface area (Å²) in [6, 6.07) is 15.0. The van der Waals surface area contributed by atoms with Crippen LogP contribution in [0.5, 0.6) is 5.75 Å². The number of fused-ring (bicyclic) bond motifs is 1. The number of carbonyl (C=O) groups is 1. The van der Waals surface area contributed by atoms with Crippen molar-refractivity contribution in [2.75, 3.05) is 13.2 Å². The van der Waals surface area contributed by atoms with Crippen LogP contribution in [0.1, 0.15) is 69.9 Å². The minimum absolute atomic E-state index is 0.0252. The number of unbranched alkanes of at least 4 members (excludes halogenated alkanes) is 2. The predicted molar refractivity (Wildman–Crippen MR) is 150 cm³/mol. The fraction of sp³-hybridized carbons (Fsp3) is 0.452. The minimum Gasteiger partial charge on any atom is -0.494 e. The molecule has 0 aliphatic rings. The molecular weight excluding hydrogens is 490 g/mol. The molecule has 0 N–H and O–H groups in total. The molecule has 1 heterocycles. The summed E-state index contributed by atoms with van der Waals surface area (Å²) < 4.78 is 39.8. The number of esters is 1. The Hall–Kier alpha value is -2.73. The lowest BCUT2D eigenvalue weighted by atomic mass is 9.98. The van der Waals surface area contributed by atoms with Crippen LogP contribution < -0.4 is 4.74 Å². The highest BCUT2D eigenvalue weighted by Crippen LogP contribution is 2.37. The number of rotatable bonds is 16. The Morgan fingerprint density at radius 3 is 2.51 bits per heavy atom. The molecule has 0 bridgehead atoms. The van der Waals surface area contributed by atoms with E-state index in [1.165, 1.54) is 40.8 Å². The average Bonchev–Trinajstić information content (AvgIpc) is 3.32. The van der Waals surface area contributed by atoms with E-state index in [0.717, 1.165) is 29.0 Å². The Kier molecular flexibility index (Phi) is 11.1. The Labute approximate surface area is 223 Å². The molecule has 6 heteroatoms. The van der Waals surface area contributed by atoms with E-state index >= 15 is 0 Å². The zero-order valence-corrected chi connectivity index (χ0v) is 22.8. The van der Waals surface area contributed by atoms with E-state index in [4.69, 9.17) is 9.47 Å². The topological polar surface area (TPSA) is 35.5 Å². The molecule has 0 spiro atoms. The Morgan fingerprint density at radius 2 is 1.78 bits per heavy atom. The summed E-state index contributed by atoms with van der Waals surface area (Å²) in [4.78, 5) is 12.2. The second-order valence-electron chi connectivity index (χ2n) is 9.40. The van der Waals surface area contributed by atoms with Crippen LogP contribution in [-0.2, 0) is 22.4 Å². The fourth-order valence-corrected chi connectivity index (χ4v) is 5.51. The van der Waals surface area contributed by atoms with Gasteiger partial charge in [-0.25, -0.2) is 13.6 Å². The summed E-state index contributed by atoms with van der Waals surface area (Å²) in [5.41, 5.74) is 4.07. The average molecular weight is 529 g/mol. The lowest BCUT2D eigenvalue weighted by molar-refractivity contribution is -0.138. The monoisotopic (exact) mass is 528 g/mol. The highest BCUT2D eigenvalue weighted by molar-refractivity contribution is 7.22. The fourth-order valence-electron chi connectivity index (χ4n) is 4.36. The van der Waals surface area contributed by atoms with Crippen LogP contribution >= 0.6 is 11.3 Å². The first-order valence-corrected chi connectivity index (χ1v) is 14.1. The van der Waals surface area contributed by atoms with Crippen LogP contribution in [0.3, 0.4) is 0 Å². The molecule has 0 fully saturated rings. The van der Waals surface area contributed by atoms with Gasteiger partial charge < -0.3 is 9.47 Å². The maximum atomic E-state index is 14.1. The molecule has 3 aromatic rings. The summed E-state index contributed by atoms with van der Waals surface area (Å²) >= 11 is 1.74. The third-order valence-corrected chi connectivity index (χ3v) is 7.56. The van der Waals surface area contributed by atoms with Gasteiger partial charge in [-0.1, -0.05) is 51.5 Å². The second-order valence-corrected chi connectivity index (χ2v) is 10.5. The summed E-state index contributed by atoms with van der Waals surface area (Å²) in [7, 11) is 0. The molecule has 3 nitrogen and oxygen atoms in total. The SMILES string of the molecule is C=CC(=O)OCCCC(F)(F)CCCOc1ccc2cc(-c3ccc(CCCCC)cc3CC)sc2c1. The second kappa shape index (κ2) is 14.3. The lowest BCUT2D eigenvalue weighted by Gasteiger charge is -2.16. The number of aryl methyl sites for hydroxylation is 2. The summed E-state index contributed by atoms with van der Waals surface area (Å²) in [5.74, 6) is -2.70. The number of hydrogen-bond acceptors (Lipinski definition) is 4. The van der Waals surface area contributed by atoms with Gasteiger partial charge in [-0.05, 0) is 78.4 Å². The molecule has 0 saturated heterocycles. The smallest absolute Gasteiger partial charge is 0.330 e. The Balaban J connectivity index is 1.54. The van der Waals surface area contributed by atoms with Gasteiger partial charge in [0.25, 0.3) is 0 Å². The first-order valence-electron chi connectivity index (χ1n) is 13.3. The van der Waals surface area contributed by atoms with E-state index in [2.05, 4.69) is 44.7 Å². The Bertz CT molecular complexity index is 1170. The van der Waals surface area contributed by atoms with Crippen LogP contribution in [0.4, 0.5) is 8.78 Å². The van der Waals surface area contributed by atoms with Crippen LogP contribution in [0, 0.1) is 0 Å². The van der Waals surface area contributed by atoms with Crippen molar-refractivity contribution in [1.82, 2.24) is 0 Å². The van der Waals surface area contributed by atoms with Gasteiger partial charge in [0.1, 0.15) is 5.75 Å². The van der Waals surface area contributed by atoms with Crippen molar-refractivity contribution in [1.29, 1.82) is 0 Å². The number of halogens is 2. The van der Waals surface area contributed by atoms with E-state index in [1.807, 2.05) is 18.2 Å². The van der Waals surface area contributed by atoms with Gasteiger partial charge in [0.2, 0.25) is 5.92 Å². The van der Waals surface area contributed by atoms with Crippen LogP contribution in [-0.4, -0.2) is 25.1 Å². The van der Waals surface area contributed by atoms with Crippen molar-refractivity contribution in [3.63, 3.8) is 0 Å². The zero-order valence-electron chi connectivity index (χ0n) is 22.0. The molecule has 1 aromatic heterocycles. The van der Waals surface area contributed by atoms with Gasteiger partial charge in [-0.3, -0.25) is 0 Å². The lowest BCUT2D eigenvalue weighted by Crippen LogP contribution is -2.18. The molecule has 0 aliphatic carbocycles. The zero-order chi connectivity index (χ0) is 26.7. The van der Waals surface area contributed by atoms with E-state index in [1.54, 1.807) is 11.3 Å². The van der Waals surface area contributed by atoms with E-state index in [9.17, 15) is 13.6 Å². The number of alkyl halides is 2. The summed E-state index contributed by atoms with van der Waals surface area (Å²) in [5, 5.41) is 1.16. The molecular formula is C31H38F2O3S. The molecule has 0 atom stereocenters. The van der Waals surface area contributed by atoms with E-state index in [-0.39, 0.29) is 38.9 Å². The molecule has 37 heavy (non-hydrogen) atoms. The van der Waals surface area contributed by atoms with Crippen LogP contribution in [0.25, 0.3) is 20.5 Å². The Morgan fingerprint density at radius 1 is 1.00 bits per heavy atom. The standard InChI is InChI=1S/C31H38F2O3S/c1-4-7-8-11-23-12-15-27(24(5-2)20-23)29-21-25-13-14-26(22-28(25)37-29)35-18-9-16-31(32,33)17-10-19-36-30(34)6-3/h6,12-15,20-22H,3-5,7-11,16-19H2,1-2H3. The molecule has 0 unspecified atom stereocenters. The number of carbonyl (C=O) groups excluding carboxylic acids is 1. The summed E-state index contributed by atoms with van der Waals surface area (Å²) in [6.45, 7) is 7.91. The van der Waals surface area contributed by atoms with Gasteiger partial charge in [-0.15, -0.1) is 11.3 Å². The van der Waals surface area contributed by atoms with Crippen molar-refractivity contribution < 1.29 is 23.0 Å². The predicted octanol–water partition coefficient (Wildman–Crippen LogP) is 9.17. The molecule has 0 saturated carbocycles. The molecule has 0 radical (unpaired) electrons. The normalized spacial score (nSPS) is 11.6. The molecule has 2 aromatic carbocycles. The maximum absolute atomic E-state index is 14.1. The van der Waals surface area contributed by atoms with E-state index < -0.39 is 11.9 Å². The number of thiophene rings is 1. The first kappa shape index (κ1) is 28.8. The van der Waals surface area contributed by atoms with Crippen molar-refractivity contribution in [2.24, 2.45) is 0 Å². The van der Waals surface area contributed by atoms with Crippen molar-refractivity contribution >= 4 is 27.4 Å². The third kappa shape index (κ3) is 8.96. The highest BCUT2D eigenvalue weighted by Gasteiger charge is 2.27. The van der Waals surface area contributed by atoms with Gasteiger partial charge in [0.05, 0.1) is 13.2 Å². The van der Waals surface area contributed by atoms with Gasteiger partial charge in [-0.2, -0.15) is 0 Å². The highest BCUT2D eigenvalue weighted by atomic mass is 32.1. The van der Waals surface area contributed by atoms with Gasteiger partial charge in [0.15, 0.2) is 0 Å². The number of ether oxygens (including phenoxy) is 2. The van der Waals surface area contributed by atoms with Gasteiger partial charge in [0, 0.05) is 28.5 Å². The first-order chi connectivity index (χ1) is 17.8. The molecule has 200 valence electrons. The van der Waals surface area contributed by atoms with Crippen molar-refractivity contribution in [2.45, 2.75) is 77.6 Å². The quantitative estimate of drug-likeness (QED) is 0.106. The van der Waals surface area contributed by atoms with Crippen LogP contribution in [0.2, 0.25) is 0 Å². The van der Waals surface area contributed by atoms with Crippen molar-refractivity contribution in [3.8, 4) is 16.2 Å².